The van der Waals surface area contributed by atoms with Gasteiger partial charge in [0.05, 0.1) is 19.0 Å². The van der Waals surface area contributed by atoms with Crippen LogP contribution in [0.3, 0.4) is 0 Å². The van der Waals surface area contributed by atoms with Gasteiger partial charge in [-0.2, -0.15) is 13.2 Å². The van der Waals surface area contributed by atoms with E-state index in [2.05, 4.69) is 25.7 Å². The van der Waals surface area contributed by atoms with Crippen LogP contribution in [-0.4, -0.2) is 48.0 Å². The van der Waals surface area contributed by atoms with Crippen molar-refractivity contribution < 1.29 is 37.1 Å². The molecule has 1 aromatic heterocycles. The Hall–Kier alpha value is -4.74. The minimum absolute atomic E-state index is 0.174. The van der Waals surface area contributed by atoms with Crippen LogP contribution >= 0.6 is 0 Å². The summed E-state index contributed by atoms with van der Waals surface area (Å²) in [7, 11) is 0. The number of hydrogen-bond donors (Lipinski definition) is 3. The molecule has 12 heteroatoms. The van der Waals surface area contributed by atoms with Crippen LogP contribution in [0.2, 0.25) is 0 Å². The van der Waals surface area contributed by atoms with Crippen molar-refractivity contribution in [3.05, 3.63) is 84.6 Å². The summed E-state index contributed by atoms with van der Waals surface area (Å²) in [5.41, 5.74) is 2.13. The highest BCUT2D eigenvalue weighted by Gasteiger charge is 2.42. The summed E-state index contributed by atoms with van der Waals surface area (Å²) < 4.78 is 41.5. The van der Waals surface area contributed by atoms with Crippen molar-refractivity contribution in [2.24, 2.45) is 0 Å². The molecule has 0 aliphatic carbocycles. The SMILES string of the molecule is O=C(CCCCNc1ccccn1)NCC(=O)NC(CC(=O)OC(=O)C(F)(F)F)c1ccc(-c2ccccc2)cc1. The van der Waals surface area contributed by atoms with Crippen LogP contribution in [0.1, 0.15) is 37.3 Å². The number of benzene rings is 2. The first-order valence-corrected chi connectivity index (χ1v) is 12.8. The first kappa shape index (κ1) is 30.8. The first-order valence-electron chi connectivity index (χ1n) is 12.8. The summed E-state index contributed by atoms with van der Waals surface area (Å²) in [6.07, 6.45) is -3.00. The second kappa shape index (κ2) is 15.2. The molecule has 0 aliphatic heterocycles. The average molecular weight is 571 g/mol. The molecule has 41 heavy (non-hydrogen) atoms. The fourth-order valence-electron chi connectivity index (χ4n) is 3.77. The van der Waals surface area contributed by atoms with E-state index in [1.54, 1.807) is 36.5 Å². The van der Waals surface area contributed by atoms with Gasteiger partial charge < -0.3 is 20.7 Å². The first-order chi connectivity index (χ1) is 19.6. The van der Waals surface area contributed by atoms with Crippen molar-refractivity contribution in [2.75, 3.05) is 18.4 Å². The van der Waals surface area contributed by atoms with Crippen LogP contribution in [0.25, 0.3) is 11.1 Å². The molecule has 2 amide bonds. The van der Waals surface area contributed by atoms with Gasteiger partial charge in [0.15, 0.2) is 0 Å². The molecule has 0 fully saturated rings. The van der Waals surface area contributed by atoms with Crippen molar-refractivity contribution in [3.63, 3.8) is 0 Å². The number of ether oxygens (including phenoxy) is 1. The zero-order valence-corrected chi connectivity index (χ0v) is 21.9. The van der Waals surface area contributed by atoms with Crippen molar-refractivity contribution in [2.45, 2.75) is 37.9 Å². The summed E-state index contributed by atoms with van der Waals surface area (Å²) in [5, 5.41) is 8.13. The van der Waals surface area contributed by atoms with Gasteiger partial charge in [-0.3, -0.25) is 14.4 Å². The summed E-state index contributed by atoms with van der Waals surface area (Å²) in [5.74, 6) is -4.42. The number of esters is 2. The molecule has 0 saturated carbocycles. The minimum atomic E-state index is -5.34. The Labute approximate surface area is 234 Å². The van der Waals surface area contributed by atoms with E-state index in [9.17, 15) is 32.3 Å². The van der Waals surface area contributed by atoms with Crippen LogP contribution in [0.5, 0.6) is 0 Å². The van der Waals surface area contributed by atoms with Gasteiger partial charge in [0, 0.05) is 19.2 Å². The number of hydrogen-bond acceptors (Lipinski definition) is 7. The molecule has 2 aromatic carbocycles. The third-order valence-electron chi connectivity index (χ3n) is 5.81. The number of alkyl halides is 3. The molecule has 3 rings (SSSR count). The van der Waals surface area contributed by atoms with Gasteiger partial charge in [0.1, 0.15) is 5.82 Å². The lowest BCUT2D eigenvalue weighted by molar-refractivity contribution is -0.202. The Morgan fingerprint density at radius 1 is 0.829 bits per heavy atom. The van der Waals surface area contributed by atoms with E-state index >= 15 is 0 Å². The predicted octanol–water partition coefficient (Wildman–Crippen LogP) is 4.33. The molecule has 3 aromatic rings. The van der Waals surface area contributed by atoms with E-state index in [1.165, 1.54) is 0 Å². The quantitative estimate of drug-likeness (QED) is 0.159. The van der Waals surface area contributed by atoms with E-state index in [0.717, 1.165) is 16.9 Å². The molecule has 0 spiro atoms. The van der Waals surface area contributed by atoms with Crippen LogP contribution in [-0.2, 0) is 23.9 Å². The Morgan fingerprint density at radius 3 is 2.17 bits per heavy atom. The Balaban J connectivity index is 1.53. The van der Waals surface area contributed by atoms with Gasteiger partial charge in [-0.25, -0.2) is 9.78 Å². The maximum absolute atomic E-state index is 12.6. The second-order valence-electron chi connectivity index (χ2n) is 8.95. The molecule has 0 aliphatic rings. The van der Waals surface area contributed by atoms with E-state index in [1.807, 2.05) is 42.5 Å². The van der Waals surface area contributed by atoms with E-state index in [-0.39, 0.29) is 12.3 Å². The Kier molecular flexibility index (Phi) is 11.4. The number of unbranched alkanes of at least 4 members (excludes halogenated alkanes) is 1. The van der Waals surface area contributed by atoms with Crippen LogP contribution in [0.4, 0.5) is 19.0 Å². The number of pyridine rings is 1. The smallest absolute Gasteiger partial charge is 0.386 e. The van der Waals surface area contributed by atoms with Gasteiger partial charge in [-0.1, -0.05) is 60.7 Å². The number of nitrogens with one attached hydrogen (secondary N) is 3. The van der Waals surface area contributed by atoms with Gasteiger partial charge in [-0.05, 0) is 41.7 Å². The number of rotatable bonds is 13. The van der Waals surface area contributed by atoms with Crippen molar-refractivity contribution in [1.29, 1.82) is 0 Å². The third-order valence-corrected chi connectivity index (χ3v) is 5.81. The standard InChI is InChI=1S/C29H29F3N4O5/c30-29(31,32)28(40)41-27(39)18-23(22-14-12-21(13-15-22)20-8-2-1-3-9-20)36-26(38)19-35-25(37)11-5-7-17-34-24-10-4-6-16-33-24/h1-4,6,8-10,12-16,23H,5,7,11,17-19H2,(H,33,34)(H,35,37)(H,36,38). The number of nitrogens with zero attached hydrogens (tertiary/aromatic N) is 1. The average Bonchev–Trinajstić information content (AvgIpc) is 2.96. The van der Waals surface area contributed by atoms with Gasteiger partial charge >= 0.3 is 18.1 Å². The third kappa shape index (κ3) is 10.7. The predicted molar refractivity (Wildman–Crippen MR) is 144 cm³/mol. The molecule has 216 valence electrons. The van der Waals surface area contributed by atoms with Crippen LogP contribution < -0.4 is 16.0 Å². The monoisotopic (exact) mass is 570 g/mol. The lowest BCUT2D eigenvalue weighted by Crippen LogP contribution is -2.39. The molecular weight excluding hydrogens is 541 g/mol. The molecule has 1 heterocycles. The van der Waals surface area contributed by atoms with Crippen LogP contribution in [0.15, 0.2) is 79.0 Å². The molecule has 0 saturated heterocycles. The molecular formula is C29H29F3N4O5. The number of aromatic nitrogens is 1. The lowest BCUT2D eigenvalue weighted by Gasteiger charge is -2.19. The van der Waals surface area contributed by atoms with E-state index in [0.29, 0.717) is 24.9 Å². The zero-order valence-electron chi connectivity index (χ0n) is 21.9. The lowest BCUT2D eigenvalue weighted by atomic mass is 9.99. The van der Waals surface area contributed by atoms with E-state index in [4.69, 9.17) is 0 Å². The number of anilines is 1. The zero-order chi connectivity index (χ0) is 29.7. The fraction of sp³-hybridized carbons (Fsp3) is 0.276. The number of amides is 2. The molecule has 3 N–H and O–H groups in total. The van der Waals surface area contributed by atoms with Gasteiger partial charge in [-0.15, -0.1) is 0 Å². The van der Waals surface area contributed by atoms with Crippen molar-refractivity contribution in [1.82, 2.24) is 15.6 Å². The van der Waals surface area contributed by atoms with Crippen molar-refractivity contribution >= 4 is 29.6 Å². The summed E-state index contributed by atoms with van der Waals surface area (Å²) in [6.45, 7) is 0.197. The highest BCUT2D eigenvalue weighted by molar-refractivity contribution is 5.89. The van der Waals surface area contributed by atoms with Crippen molar-refractivity contribution in [3.8, 4) is 11.1 Å². The van der Waals surface area contributed by atoms with E-state index < -0.39 is 43.0 Å². The largest absolute Gasteiger partial charge is 0.491 e. The maximum atomic E-state index is 12.6. The topological polar surface area (TPSA) is 126 Å². The number of halogens is 3. The molecule has 9 nitrogen and oxygen atoms in total. The summed E-state index contributed by atoms with van der Waals surface area (Å²) >= 11 is 0. The number of carbonyl (C=O) groups is 4. The normalized spacial score (nSPS) is 11.7. The molecule has 1 unspecified atom stereocenters. The number of carbonyl (C=O) groups excluding carboxylic acids is 4. The van der Waals surface area contributed by atoms with Crippen LogP contribution in [0, 0.1) is 0 Å². The molecule has 1 atom stereocenters. The highest BCUT2D eigenvalue weighted by atomic mass is 19.4. The fourth-order valence-corrected chi connectivity index (χ4v) is 3.77. The molecule has 0 bridgehead atoms. The van der Waals surface area contributed by atoms with Gasteiger partial charge in [0.25, 0.3) is 0 Å². The Morgan fingerprint density at radius 2 is 1.51 bits per heavy atom. The van der Waals surface area contributed by atoms with Gasteiger partial charge in [0.2, 0.25) is 11.8 Å². The summed E-state index contributed by atoms with van der Waals surface area (Å²) in [4.78, 5) is 52.1. The highest BCUT2D eigenvalue weighted by Crippen LogP contribution is 2.24. The maximum Gasteiger partial charge on any atom is 0.491 e. The molecule has 0 radical (unpaired) electrons. The second-order valence-corrected chi connectivity index (χ2v) is 8.95. The summed E-state index contributed by atoms with van der Waals surface area (Å²) in [6, 6.07) is 20.3. The Bertz CT molecular complexity index is 1300. The minimum Gasteiger partial charge on any atom is -0.386 e.